The Hall–Kier alpha value is -3.02. The maximum absolute atomic E-state index is 11.1. The Balaban J connectivity index is 1.74. The molecule has 0 bridgehead atoms. The number of nitrogens with one attached hydrogen (secondary N) is 1. The van der Waals surface area contributed by atoms with Crippen molar-refractivity contribution in [1.82, 2.24) is 14.9 Å². The van der Waals surface area contributed by atoms with Gasteiger partial charge in [-0.3, -0.25) is 4.79 Å². The molecule has 3 rings (SSSR count). The number of nitrogens with zero attached hydrogens (tertiary/aromatic N) is 2. The number of para-hydroxylation sites is 4. The first-order valence-electron chi connectivity index (χ1n) is 8.63. The van der Waals surface area contributed by atoms with Gasteiger partial charge in [-0.1, -0.05) is 24.3 Å². The zero-order valence-electron chi connectivity index (χ0n) is 15.1. The number of hydrogen-bond acceptors (Lipinski definition) is 4. The van der Waals surface area contributed by atoms with Gasteiger partial charge in [0.15, 0.2) is 11.5 Å². The number of hydrogen-bond donors (Lipinski definition) is 1. The van der Waals surface area contributed by atoms with Crippen molar-refractivity contribution in [3.05, 3.63) is 54.4 Å². The topological polar surface area (TPSA) is 65.4 Å². The van der Waals surface area contributed by atoms with Crippen molar-refractivity contribution in [3.8, 4) is 11.5 Å². The van der Waals surface area contributed by atoms with Crippen LogP contribution in [-0.4, -0.2) is 35.7 Å². The van der Waals surface area contributed by atoms with Crippen molar-refractivity contribution in [2.24, 2.45) is 0 Å². The van der Waals surface area contributed by atoms with Gasteiger partial charge in [0.2, 0.25) is 5.91 Å². The fourth-order valence-corrected chi connectivity index (χ4v) is 2.90. The molecule has 3 aromatic rings. The summed E-state index contributed by atoms with van der Waals surface area (Å²) in [6.45, 7) is 3.23. The molecule has 26 heavy (non-hydrogen) atoms. The van der Waals surface area contributed by atoms with Crippen molar-refractivity contribution in [1.29, 1.82) is 0 Å². The number of fused-ring (bicyclic) bond motifs is 1. The van der Waals surface area contributed by atoms with Crippen molar-refractivity contribution in [2.75, 3.05) is 20.3 Å². The number of amides is 1. The molecule has 1 heterocycles. The molecule has 0 fully saturated rings. The molecule has 1 N–H and O–H groups in total. The number of carbonyl (C=O) groups is 1. The molecule has 0 aliphatic heterocycles. The highest BCUT2D eigenvalue weighted by atomic mass is 16.5. The van der Waals surface area contributed by atoms with E-state index in [1.807, 2.05) is 48.5 Å². The minimum atomic E-state index is -0.0350. The van der Waals surface area contributed by atoms with E-state index in [0.717, 1.165) is 22.6 Å². The molecule has 2 aromatic carbocycles. The molecule has 1 amide bonds. The Labute approximate surface area is 152 Å². The van der Waals surface area contributed by atoms with E-state index >= 15 is 0 Å². The predicted molar refractivity (Wildman–Crippen MR) is 101 cm³/mol. The van der Waals surface area contributed by atoms with Crippen LogP contribution in [0.5, 0.6) is 11.5 Å². The fraction of sp³-hybridized carbons (Fsp3) is 0.300. The zero-order valence-corrected chi connectivity index (χ0v) is 15.1. The number of ether oxygens (including phenoxy) is 2. The summed E-state index contributed by atoms with van der Waals surface area (Å²) in [6, 6.07) is 15.6. The summed E-state index contributed by atoms with van der Waals surface area (Å²) in [5, 5.41) is 2.82. The highest BCUT2D eigenvalue weighted by Crippen LogP contribution is 2.26. The van der Waals surface area contributed by atoms with Gasteiger partial charge in [-0.25, -0.2) is 4.98 Å². The normalized spacial score (nSPS) is 10.7. The molecule has 0 spiro atoms. The van der Waals surface area contributed by atoms with E-state index in [4.69, 9.17) is 14.5 Å². The number of rotatable bonds is 8. The molecule has 0 unspecified atom stereocenters. The Morgan fingerprint density at radius 2 is 1.85 bits per heavy atom. The summed E-state index contributed by atoms with van der Waals surface area (Å²) in [7, 11) is 1.63. The first-order chi connectivity index (χ1) is 12.7. The van der Waals surface area contributed by atoms with Gasteiger partial charge >= 0.3 is 0 Å². The summed E-state index contributed by atoms with van der Waals surface area (Å²) in [6.07, 6.45) is 0.670. The smallest absolute Gasteiger partial charge is 0.216 e. The Kier molecular flexibility index (Phi) is 5.73. The van der Waals surface area contributed by atoms with E-state index in [0.29, 0.717) is 31.9 Å². The average molecular weight is 353 g/mol. The third-order valence-corrected chi connectivity index (χ3v) is 4.10. The summed E-state index contributed by atoms with van der Waals surface area (Å²) in [5.41, 5.74) is 2.01. The molecule has 0 aliphatic rings. The average Bonchev–Trinajstić information content (AvgIpc) is 2.99. The van der Waals surface area contributed by atoms with Gasteiger partial charge in [0, 0.05) is 19.9 Å². The van der Waals surface area contributed by atoms with Crippen molar-refractivity contribution in [2.45, 2.75) is 19.9 Å². The summed E-state index contributed by atoms with van der Waals surface area (Å²) in [5.74, 6) is 2.34. The largest absolute Gasteiger partial charge is 0.493 e. The van der Waals surface area contributed by atoms with Crippen LogP contribution >= 0.6 is 0 Å². The second-order valence-corrected chi connectivity index (χ2v) is 5.90. The number of methoxy groups -OCH3 is 1. The quantitative estimate of drug-likeness (QED) is 0.676. The van der Waals surface area contributed by atoms with Crippen molar-refractivity contribution in [3.63, 3.8) is 0 Å². The molecule has 6 nitrogen and oxygen atoms in total. The van der Waals surface area contributed by atoms with Gasteiger partial charge in [-0.05, 0) is 24.3 Å². The molecular formula is C20H23N3O3. The molecule has 1 aromatic heterocycles. The van der Waals surface area contributed by atoms with Crippen LogP contribution in [-0.2, 0) is 17.8 Å². The predicted octanol–water partition coefficient (Wildman–Crippen LogP) is 2.80. The molecule has 6 heteroatoms. The standard InChI is InChI=1S/C20H23N3O3/c1-15(24)21-12-11-20-22-16-7-3-4-8-17(16)23(20)13-14-26-19-10-6-5-9-18(19)25-2/h3-10H,11-14H2,1-2H3,(H,21,24). The van der Waals surface area contributed by atoms with Crippen LogP contribution in [0.15, 0.2) is 48.5 Å². The summed E-state index contributed by atoms with van der Waals surface area (Å²) < 4.78 is 13.4. The van der Waals surface area contributed by atoms with Crippen LogP contribution in [0.3, 0.4) is 0 Å². The van der Waals surface area contributed by atoms with Crippen LogP contribution in [0.2, 0.25) is 0 Å². The number of carbonyl (C=O) groups excluding carboxylic acids is 1. The van der Waals surface area contributed by atoms with Crippen LogP contribution in [0.4, 0.5) is 0 Å². The lowest BCUT2D eigenvalue weighted by molar-refractivity contribution is -0.118. The molecule has 0 saturated heterocycles. The van der Waals surface area contributed by atoms with Gasteiger partial charge in [-0.2, -0.15) is 0 Å². The number of aromatic nitrogens is 2. The lowest BCUT2D eigenvalue weighted by atomic mass is 10.3. The van der Waals surface area contributed by atoms with Crippen LogP contribution in [0.1, 0.15) is 12.7 Å². The SMILES string of the molecule is COc1ccccc1OCCn1c(CCNC(C)=O)nc2ccccc21. The third-order valence-electron chi connectivity index (χ3n) is 4.10. The van der Waals surface area contributed by atoms with E-state index in [9.17, 15) is 4.79 Å². The van der Waals surface area contributed by atoms with E-state index in [1.165, 1.54) is 6.92 Å². The Morgan fingerprint density at radius 1 is 1.12 bits per heavy atom. The Morgan fingerprint density at radius 3 is 2.62 bits per heavy atom. The minimum Gasteiger partial charge on any atom is -0.493 e. The maximum Gasteiger partial charge on any atom is 0.216 e. The number of imidazole rings is 1. The molecule has 0 saturated carbocycles. The summed E-state index contributed by atoms with van der Waals surface area (Å²) in [4.78, 5) is 15.8. The minimum absolute atomic E-state index is 0.0350. The van der Waals surface area contributed by atoms with Gasteiger partial charge in [0.25, 0.3) is 0 Å². The first-order valence-corrected chi connectivity index (χ1v) is 8.63. The van der Waals surface area contributed by atoms with E-state index in [-0.39, 0.29) is 5.91 Å². The molecule has 136 valence electrons. The first kappa shape index (κ1) is 17.8. The van der Waals surface area contributed by atoms with E-state index < -0.39 is 0 Å². The highest BCUT2D eigenvalue weighted by molar-refractivity contribution is 5.76. The highest BCUT2D eigenvalue weighted by Gasteiger charge is 2.11. The maximum atomic E-state index is 11.1. The van der Waals surface area contributed by atoms with Gasteiger partial charge in [0.1, 0.15) is 12.4 Å². The van der Waals surface area contributed by atoms with Crippen molar-refractivity contribution >= 4 is 16.9 Å². The molecule has 0 aliphatic carbocycles. The van der Waals surface area contributed by atoms with Crippen LogP contribution < -0.4 is 14.8 Å². The fourth-order valence-electron chi connectivity index (χ4n) is 2.90. The number of benzene rings is 2. The lowest BCUT2D eigenvalue weighted by Gasteiger charge is -2.13. The van der Waals surface area contributed by atoms with Crippen LogP contribution in [0.25, 0.3) is 11.0 Å². The lowest BCUT2D eigenvalue weighted by Crippen LogP contribution is -2.24. The molecule has 0 atom stereocenters. The van der Waals surface area contributed by atoms with Gasteiger partial charge in [0.05, 0.1) is 24.7 Å². The second-order valence-electron chi connectivity index (χ2n) is 5.90. The zero-order chi connectivity index (χ0) is 18.4. The van der Waals surface area contributed by atoms with E-state index in [1.54, 1.807) is 7.11 Å². The van der Waals surface area contributed by atoms with Crippen molar-refractivity contribution < 1.29 is 14.3 Å². The Bertz CT molecular complexity index is 889. The monoisotopic (exact) mass is 353 g/mol. The van der Waals surface area contributed by atoms with Gasteiger partial charge in [-0.15, -0.1) is 0 Å². The third kappa shape index (κ3) is 4.14. The summed E-state index contributed by atoms with van der Waals surface area (Å²) >= 11 is 0. The van der Waals surface area contributed by atoms with E-state index in [2.05, 4.69) is 9.88 Å². The molecular weight excluding hydrogens is 330 g/mol. The second kappa shape index (κ2) is 8.38. The van der Waals surface area contributed by atoms with Gasteiger partial charge < -0.3 is 19.4 Å². The van der Waals surface area contributed by atoms with Crippen LogP contribution in [0, 0.1) is 0 Å². The molecule has 0 radical (unpaired) electrons.